The molecule has 0 aromatic carbocycles. The molecule has 1 aromatic rings. The number of hydrogen-bond donors (Lipinski definition) is 3. The molecule has 1 aliphatic rings. The zero-order valence-electron chi connectivity index (χ0n) is 7.50. The third-order valence-electron chi connectivity index (χ3n) is 2.36. The fourth-order valence-corrected chi connectivity index (χ4v) is 1.50. The fourth-order valence-electron chi connectivity index (χ4n) is 1.20. The molecule has 1 heterocycles. The van der Waals surface area contributed by atoms with Gasteiger partial charge in [-0.1, -0.05) is 0 Å². The second-order valence-electron chi connectivity index (χ2n) is 3.48. The zero-order chi connectivity index (χ0) is 10.2. The number of anilines is 2. The largest absolute Gasteiger partial charge is 0.394 e. The van der Waals surface area contributed by atoms with Crippen molar-refractivity contribution in [3.8, 4) is 0 Å². The van der Waals surface area contributed by atoms with E-state index < -0.39 is 0 Å². The lowest BCUT2D eigenvalue weighted by molar-refractivity contribution is 0.266. The Balaban J connectivity index is 2.21. The third kappa shape index (κ3) is 1.67. The van der Waals surface area contributed by atoms with Crippen LogP contribution in [0.5, 0.6) is 0 Å². The number of nitrogens with one attached hydrogen (secondary N) is 1. The van der Waals surface area contributed by atoms with Crippen LogP contribution in [0, 0.1) is 0 Å². The van der Waals surface area contributed by atoms with E-state index in [1.165, 1.54) is 6.33 Å². The van der Waals surface area contributed by atoms with Gasteiger partial charge in [-0.15, -0.1) is 0 Å². The summed E-state index contributed by atoms with van der Waals surface area (Å²) in [6.07, 6.45) is 3.32. The van der Waals surface area contributed by atoms with Gasteiger partial charge in [-0.25, -0.2) is 9.97 Å². The Morgan fingerprint density at radius 2 is 2.29 bits per heavy atom. The van der Waals surface area contributed by atoms with E-state index in [1.54, 1.807) is 0 Å². The molecule has 0 atom stereocenters. The van der Waals surface area contributed by atoms with E-state index in [4.69, 9.17) is 10.8 Å². The molecule has 76 valence electrons. The van der Waals surface area contributed by atoms with Crippen molar-refractivity contribution in [1.82, 2.24) is 9.97 Å². The molecule has 1 saturated carbocycles. The van der Waals surface area contributed by atoms with Crippen LogP contribution in [0.1, 0.15) is 12.8 Å². The minimum atomic E-state index is -0.191. The average molecular weight is 259 g/mol. The van der Waals surface area contributed by atoms with Crippen molar-refractivity contribution >= 4 is 27.6 Å². The van der Waals surface area contributed by atoms with Crippen molar-refractivity contribution in [1.29, 1.82) is 0 Å². The molecule has 0 aliphatic heterocycles. The molecule has 0 unspecified atom stereocenters. The van der Waals surface area contributed by atoms with Gasteiger partial charge in [-0.05, 0) is 28.8 Å². The second-order valence-corrected chi connectivity index (χ2v) is 4.28. The standard InChI is InChI=1S/C8H11BrN4O/c9-5-6(10)11-4-12-7(5)13-8(3-14)1-2-8/h4,14H,1-3H2,(H3,10,11,12,13). The van der Waals surface area contributed by atoms with Gasteiger partial charge in [0, 0.05) is 0 Å². The number of nitrogens with two attached hydrogens (primary N) is 1. The Morgan fingerprint density at radius 3 is 2.86 bits per heavy atom. The molecule has 2 rings (SSSR count). The van der Waals surface area contributed by atoms with E-state index in [2.05, 4.69) is 31.2 Å². The molecule has 0 amide bonds. The summed E-state index contributed by atoms with van der Waals surface area (Å²) < 4.78 is 0.653. The molecule has 6 heteroatoms. The Bertz CT molecular complexity index is 353. The minimum Gasteiger partial charge on any atom is -0.394 e. The molecule has 5 nitrogen and oxygen atoms in total. The van der Waals surface area contributed by atoms with Gasteiger partial charge in [0.15, 0.2) is 0 Å². The number of aliphatic hydroxyl groups excluding tert-OH is 1. The van der Waals surface area contributed by atoms with Crippen LogP contribution >= 0.6 is 15.9 Å². The van der Waals surface area contributed by atoms with Crippen LogP contribution in [0.25, 0.3) is 0 Å². The Hall–Kier alpha value is -0.880. The molecular weight excluding hydrogens is 248 g/mol. The summed E-state index contributed by atoms with van der Waals surface area (Å²) in [7, 11) is 0. The predicted octanol–water partition coefficient (Wildman–Crippen LogP) is 0.758. The number of nitrogens with zero attached hydrogens (tertiary/aromatic N) is 2. The number of aromatic nitrogens is 2. The number of nitrogen functional groups attached to an aromatic ring is 1. The maximum atomic E-state index is 9.13. The van der Waals surface area contributed by atoms with E-state index in [0.717, 1.165) is 12.8 Å². The van der Waals surface area contributed by atoms with Gasteiger partial charge >= 0.3 is 0 Å². The smallest absolute Gasteiger partial charge is 0.146 e. The Morgan fingerprint density at radius 1 is 1.57 bits per heavy atom. The molecule has 0 spiro atoms. The maximum absolute atomic E-state index is 9.13. The normalized spacial score (nSPS) is 17.9. The Labute approximate surface area is 89.9 Å². The first-order chi connectivity index (χ1) is 6.67. The van der Waals surface area contributed by atoms with Gasteiger partial charge in [0.05, 0.1) is 12.1 Å². The van der Waals surface area contributed by atoms with Gasteiger partial charge in [0.1, 0.15) is 22.4 Å². The molecule has 0 saturated heterocycles. The van der Waals surface area contributed by atoms with Crippen molar-refractivity contribution in [2.45, 2.75) is 18.4 Å². The molecule has 14 heavy (non-hydrogen) atoms. The molecule has 1 aromatic heterocycles. The number of aliphatic hydroxyl groups is 1. The predicted molar refractivity (Wildman–Crippen MR) is 56.8 cm³/mol. The highest BCUT2D eigenvalue weighted by Crippen LogP contribution is 2.39. The molecule has 1 fully saturated rings. The SMILES string of the molecule is Nc1ncnc(NC2(CO)CC2)c1Br. The Kier molecular flexibility index (Phi) is 2.32. The second kappa shape index (κ2) is 3.36. The van der Waals surface area contributed by atoms with Crippen LogP contribution in [0.4, 0.5) is 11.6 Å². The highest BCUT2D eigenvalue weighted by atomic mass is 79.9. The zero-order valence-corrected chi connectivity index (χ0v) is 9.08. The van der Waals surface area contributed by atoms with Gasteiger partial charge < -0.3 is 16.2 Å². The number of rotatable bonds is 3. The quantitative estimate of drug-likeness (QED) is 0.746. The summed E-state index contributed by atoms with van der Waals surface area (Å²) in [5.74, 6) is 1.04. The van der Waals surface area contributed by atoms with Crippen LogP contribution in [-0.2, 0) is 0 Å². The molecule has 0 radical (unpaired) electrons. The van der Waals surface area contributed by atoms with Crippen molar-refractivity contribution in [2.24, 2.45) is 0 Å². The first-order valence-electron chi connectivity index (χ1n) is 4.32. The van der Waals surface area contributed by atoms with E-state index in [9.17, 15) is 0 Å². The topological polar surface area (TPSA) is 84.1 Å². The summed E-state index contributed by atoms with van der Waals surface area (Å²) in [4.78, 5) is 7.88. The fraction of sp³-hybridized carbons (Fsp3) is 0.500. The molecule has 4 N–H and O–H groups in total. The molecule has 0 bridgehead atoms. The minimum absolute atomic E-state index is 0.114. The van der Waals surface area contributed by atoms with E-state index in [0.29, 0.717) is 16.1 Å². The van der Waals surface area contributed by atoms with Gasteiger partial charge in [-0.2, -0.15) is 0 Å². The third-order valence-corrected chi connectivity index (χ3v) is 3.14. The highest BCUT2D eigenvalue weighted by Gasteiger charge is 2.42. The van der Waals surface area contributed by atoms with Crippen molar-refractivity contribution in [2.75, 3.05) is 17.7 Å². The van der Waals surface area contributed by atoms with Gasteiger partial charge in [-0.3, -0.25) is 0 Å². The van der Waals surface area contributed by atoms with Crippen molar-refractivity contribution in [3.63, 3.8) is 0 Å². The van der Waals surface area contributed by atoms with Crippen LogP contribution in [0.3, 0.4) is 0 Å². The van der Waals surface area contributed by atoms with Crippen LogP contribution in [0.15, 0.2) is 10.8 Å². The van der Waals surface area contributed by atoms with E-state index in [-0.39, 0.29) is 12.1 Å². The molecule has 1 aliphatic carbocycles. The summed E-state index contributed by atoms with van der Waals surface area (Å²) in [5, 5.41) is 12.3. The molecular formula is C8H11BrN4O. The lowest BCUT2D eigenvalue weighted by Crippen LogP contribution is -2.26. The summed E-state index contributed by atoms with van der Waals surface area (Å²) in [6.45, 7) is 0.114. The first-order valence-corrected chi connectivity index (χ1v) is 5.11. The van der Waals surface area contributed by atoms with Gasteiger partial charge in [0.2, 0.25) is 0 Å². The summed E-state index contributed by atoms with van der Waals surface area (Å²) in [6, 6.07) is 0. The van der Waals surface area contributed by atoms with E-state index >= 15 is 0 Å². The lowest BCUT2D eigenvalue weighted by Gasteiger charge is -2.16. The van der Waals surface area contributed by atoms with Gasteiger partial charge in [0.25, 0.3) is 0 Å². The number of hydrogen-bond acceptors (Lipinski definition) is 5. The summed E-state index contributed by atoms with van der Waals surface area (Å²) >= 11 is 3.30. The van der Waals surface area contributed by atoms with Crippen molar-refractivity contribution in [3.05, 3.63) is 10.8 Å². The van der Waals surface area contributed by atoms with E-state index in [1.807, 2.05) is 0 Å². The highest BCUT2D eigenvalue weighted by molar-refractivity contribution is 9.10. The van der Waals surface area contributed by atoms with Crippen LogP contribution in [0.2, 0.25) is 0 Å². The summed E-state index contributed by atoms with van der Waals surface area (Å²) in [5.41, 5.74) is 5.41. The number of halogens is 1. The lowest BCUT2D eigenvalue weighted by atomic mass is 10.3. The monoisotopic (exact) mass is 258 g/mol. The first kappa shape index (κ1) is 9.67. The maximum Gasteiger partial charge on any atom is 0.146 e. The van der Waals surface area contributed by atoms with Crippen LogP contribution < -0.4 is 11.1 Å². The van der Waals surface area contributed by atoms with Crippen LogP contribution in [-0.4, -0.2) is 27.2 Å². The average Bonchev–Trinajstić information content (AvgIpc) is 2.94. The van der Waals surface area contributed by atoms with Crippen molar-refractivity contribution < 1.29 is 5.11 Å².